The first-order valence-corrected chi connectivity index (χ1v) is 13.0. The number of hydrogen-bond donors (Lipinski definition) is 1. The van der Waals surface area contributed by atoms with Crippen LogP contribution in [0.3, 0.4) is 0 Å². The number of rotatable bonds is 9. The molecule has 1 N–H and O–H groups in total. The predicted molar refractivity (Wildman–Crippen MR) is 127 cm³/mol. The summed E-state index contributed by atoms with van der Waals surface area (Å²) in [6, 6.07) is 13.2. The highest BCUT2D eigenvalue weighted by Gasteiger charge is 2.27. The van der Waals surface area contributed by atoms with Crippen molar-refractivity contribution in [1.82, 2.24) is 19.4 Å². The fourth-order valence-electron chi connectivity index (χ4n) is 4.10. The fourth-order valence-corrected chi connectivity index (χ4v) is 5.38. The van der Waals surface area contributed by atoms with Crippen LogP contribution in [0.5, 0.6) is 5.75 Å². The summed E-state index contributed by atoms with van der Waals surface area (Å²) in [5.74, 6) is 2.25. The van der Waals surface area contributed by atoms with E-state index in [9.17, 15) is 8.42 Å². The number of para-hydroxylation sites is 1. The van der Waals surface area contributed by atoms with Gasteiger partial charge in [0.25, 0.3) is 0 Å². The maximum atomic E-state index is 12.7. The molecule has 0 aliphatic carbocycles. The molecule has 1 aromatic carbocycles. The molecule has 0 radical (unpaired) electrons. The number of sulfonamides is 1. The third-order valence-electron chi connectivity index (χ3n) is 6.06. The number of ether oxygens (including phenoxy) is 1. The Morgan fingerprint density at radius 1 is 0.818 bits per heavy atom. The molecular formula is C22H32N6O4S. The summed E-state index contributed by atoms with van der Waals surface area (Å²) >= 11 is 0. The lowest BCUT2D eigenvalue weighted by Crippen LogP contribution is -2.50. The van der Waals surface area contributed by atoms with Crippen molar-refractivity contribution < 1.29 is 18.3 Å². The van der Waals surface area contributed by atoms with Gasteiger partial charge < -0.3 is 19.6 Å². The molecule has 10 nitrogen and oxygen atoms in total. The van der Waals surface area contributed by atoms with Crippen molar-refractivity contribution in [3.8, 4) is 5.75 Å². The van der Waals surface area contributed by atoms with Gasteiger partial charge in [0.05, 0.1) is 12.4 Å². The van der Waals surface area contributed by atoms with E-state index >= 15 is 0 Å². The van der Waals surface area contributed by atoms with Crippen molar-refractivity contribution in [3.63, 3.8) is 0 Å². The number of benzene rings is 1. The first-order chi connectivity index (χ1) is 16.0. The zero-order chi connectivity index (χ0) is 23.1. The van der Waals surface area contributed by atoms with Crippen LogP contribution in [-0.4, -0.2) is 111 Å². The Labute approximate surface area is 195 Å². The standard InChI is InChI=1S/C22H32N6O4S/c29-17-16-25-8-10-26(11-9-25)21-6-7-22(24-23-21)27-12-14-28(15-13-27)33(30,31)19-18-32-20-4-2-1-3-5-20/h1-7,29H,8-19H2. The summed E-state index contributed by atoms with van der Waals surface area (Å²) in [4.78, 5) is 6.51. The monoisotopic (exact) mass is 476 g/mol. The molecule has 2 aliphatic heterocycles. The van der Waals surface area contributed by atoms with Crippen LogP contribution in [-0.2, 0) is 10.0 Å². The van der Waals surface area contributed by atoms with E-state index in [2.05, 4.69) is 24.9 Å². The third-order valence-corrected chi connectivity index (χ3v) is 7.89. The molecule has 2 aromatic rings. The second-order valence-corrected chi connectivity index (χ2v) is 10.3. The number of hydrogen-bond acceptors (Lipinski definition) is 9. The summed E-state index contributed by atoms with van der Waals surface area (Å²) < 4.78 is 32.4. The summed E-state index contributed by atoms with van der Waals surface area (Å²) in [6.07, 6.45) is 0. The molecule has 3 heterocycles. The fraction of sp³-hybridized carbons (Fsp3) is 0.545. The Balaban J connectivity index is 1.24. The second kappa shape index (κ2) is 11.1. The highest BCUT2D eigenvalue weighted by Crippen LogP contribution is 2.19. The lowest BCUT2D eigenvalue weighted by Gasteiger charge is -2.36. The maximum Gasteiger partial charge on any atom is 0.217 e. The van der Waals surface area contributed by atoms with Gasteiger partial charge in [-0.15, -0.1) is 10.2 Å². The van der Waals surface area contributed by atoms with Crippen molar-refractivity contribution in [3.05, 3.63) is 42.5 Å². The zero-order valence-corrected chi connectivity index (χ0v) is 19.6. The minimum Gasteiger partial charge on any atom is -0.492 e. The van der Waals surface area contributed by atoms with Crippen molar-refractivity contribution in [2.75, 3.05) is 87.7 Å². The summed E-state index contributed by atoms with van der Waals surface area (Å²) in [5, 5.41) is 17.9. The summed E-state index contributed by atoms with van der Waals surface area (Å²) in [7, 11) is -3.37. The van der Waals surface area contributed by atoms with Gasteiger partial charge in [-0.25, -0.2) is 8.42 Å². The van der Waals surface area contributed by atoms with E-state index in [1.807, 2.05) is 42.5 Å². The molecule has 0 atom stereocenters. The molecule has 180 valence electrons. The highest BCUT2D eigenvalue weighted by molar-refractivity contribution is 7.89. The Morgan fingerprint density at radius 2 is 1.39 bits per heavy atom. The molecule has 0 unspecified atom stereocenters. The van der Waals surface area contributed by atoms with E-state index < -0.39 is 10.0 Å². The Morgan fingerprint density at radius 3 is 1.94 bits per heavy atom. The van der Waals surface area contributed by atoms with Crippen LogP contribution in [0, 0.1) is 0 Å². The smallest absolute Gasteiger partial charge is 0.217 e. The minimum atomic E-state index is -3.37. The van der Waals surface area contributed by atoms with Gasteiger partial charge in [0.1, 0.15) is 12.4 Å². The quantitative estimate of drug-likeness (QED) is 0.541. The first-order valence-electron chi connectivity index (χ1n) is 11.4. The van der Waals surface area contributed by atoms with Crippen molar-refractivity contribution in [2.45, 2.75) is 0 Å². The average Bonchev–Trinajstić information content (AvgIpc) is 2.86. The Bertz CT molecular complexity index is 960. The molecule has 2 aliphatic rings. The molecule has 0 spiro atoms. The molecule has 2 fully saturated rings. The molecule has 2 saturated heterocycles. The molecular weight excluding hydrogens is 444 g/mol. The highest BCUT2D eigenvalue weighted by atomic mass is 32.2. The van der Waals surface area contributed by atoms with E-state index in [-0.39, 0.29) is 19.0 Å². The maximum absolute atomic E-state index is 12.7. The van der Waals surface area contributed by atoms with Gasteiger partial charge in [-0.1, -0.05) is 18.2 Å². The van der Waals surface area contributed by atoms with Crippen molar-refractivity contribution in [2.24, 2.45) is 0 Å². The molecule has 0 bridgehead atoms. The Hall–Kier alpha value is -2.47. The number of piperazine rings is 2. The molecule has 11 heteroatoms. The lowest BCUT2D eigenvalue weighted by atomic mass is 10.3. The van der Waals surface area contributed by atoms with Gasteiger partial charge >= 0.3 is 0 Å². The van der Waals surface area contributed by atoms with Gasteiger partial charge in [0.2, 0.25) is 10.0 Å². The zero-order valence-electron chi connectivity index (χ0n) is 18.8. The van der Waals surface area contributed by atoms with Gasteiger partial charge in [0.15, 0.2) is 11.6 Å². The number of anilines is 2. The van der Waals surface area contributed by atoms with Crippen LogP contribution >= 0.6 is 0 Å². The van der Waals surface area contributed by atoms with Gasteiger partial charge in [-0.2, -0.15) is 4.31 Å². The van der Waals surface area contributed by atoms with Gasteiger partial charge in [-0.05, 0) is 24.3 Å². The number of aromatic nitrogens is 2. The summed E-state index contributed by atoms with van der Waals surface area (Å²) in [6.45, 7) is 6.54. The SMILES string of the molecule is O=S(=O)(CCOc1ccccc1)N1CCN(c2ccc(N3CCN(CCO)CC3)nn2)CC1. The number of β-amino-alcohol motifs (C(OH)–C–C–N with tert-alkyl or cyclic N) is 1. The van der Waals surface area contributed by atoms with Crippen molar-refractivity contribution in [1.29, 1.82) is 0 Å². The van der Waals surface area contributed by atoms with Gasteiger partial charge in [-0.3, -0.25) is 4.90 Å². The predicted octanol–water partition coefficient (Wildman–Crippen LogP) is 0.122. The van der Waals surface area contributed by atoms with Gasteiger partial charge in [0, 0.05) is 58.9 Å². The van der Waals surface area contributed by atoms with E-state index in [4.69, 9.17) is 9.84 Å². The third kappa shape index (κ3) is 6.32. The molecule has 0 amide bonds. The minimum absolute atomic E-state index is 0.0397. The lowest BCUT2D eigenvalue weighted by molar-refractivity contribution is 0.188. The van der Waals surface area contributed by atoms with E-state index in [0.717, 1.165) is 37.8 Å². The first kappa shape index (κ1) is 23.7. The molecule has 1 aromatic heterocycles. The summed E-state index contributed by atoms with van der Waals surface area (Å²) in [5.41, 5.74) is 0. The van der Waals surface area contributed by atoms with E-state index in [1.165, 1.54) is 4.31 Å². The second-order valence-electron chi connectivity index (χ2n) is 8.17. The topological polar surface area (TPSA) is 102 Å². The number of aliphatic hydroxyl groups is 1. The Kier molecular flexibility index (Phi) is 7.97. The largest absolute Gasteiger partial charge is 0.492 e. The molecule has 4 rings (SSSR count). The van der Waals surface area contributed by atoms with Crippen LogP contribution in [0.2, 0.25) is 0 Å². The van der Waals surface area contributed by atoms with Crippen LogP contribution in [0.15, 0.2) is 42.5 Å². The van der Waals surface area contributed by atoms with E-state index in [0.29, 0.717) is 38.5 Å². The number of aliphatic hydroxyl groups excluding tert-OH is 1. The average molecular weight is 477 g/mol. The normalized spacial score (nSPS) is 18.5. The molecule has 0 saturated carbocycles. The molecule has 33 heavy (non-hydrogen) atoms. The van der Waals surface area contributed by atoms with Crippen LogP contribution in [0.25, 0.3) is 0 Å². The van der Waals surface area contributed by atoms with Crippen LogP contribution in [0.4, 0.5) is 11.6 Å². The van der Waals surface area contributed by atoms with Crippen LogP contribution in [0.1, 0.15) is 0 Å². The van der Waals surface area contributed by atoms with Crippen LogP contribution < -0.4 is 14.5 Å². The van der Waals surface area contributed by atoms with E-state index in [1.54, 1.807) is 0 Å². The van der Waals surface area contributed by atoms with Crippen molar-refractivity contribution >= 4 is 21.7 Å². The number of nitrogens with zero attached hydrogens (tertiary/aromatic N) is 6.